The number of amides is 3. The van der Waals surface area contributed by atoms with E-state index in [2.05, 4.69) is 5.32 Å². The third-order valence-corrected chi connectivity index (χ3v) is 4.87. The molecule has 0 radical (unpaired) electrons. The number of phenols is 2. The number of aromatic hydroxyl groups is 2. The van der Waals surface area contributed by atoms with Crippen molar-refractivity contribution in [3.05, 3.63) is 57.7 Å². The van der Waals surface area contributed by atoms with Crippen molar-refractivity contribution in [2.24, 2.45) is 0 Å². The monoisotopic (exact) mass is 422 g/mol. The number of nitrogens with zero attached hydrogens (tertiary/aromatic N) is 1. The predicted molar refractivity (Wildman–Crippen MR) is 102 cm³/mol. The summed E-state index contributed by atoms with van der Waals surface area (Å²) < 4.78 is 13.2. The van der Waals surface area contributed by atoms with Crippen LogP contribution in [0.1, 0.15) is 5.56 Å². The van der Waals surface area contributed by atoms with Crippen LogP contribution in [0, 0.1) is 5.82 Å². The molecule has 10 heteroatoms. The summed E-state index contributed by atoms with van der Waals surface area (Å²) >= 11 is 6.28. The zero-order valence-electron chi connectivity index (χ0n) is 14.0. The van der Waals surface area contributed by atoms with Gasteiger partial charge in [0.05, 0.1) is 9.93 Å². The van der Waals surface area contributed by atoms with E-state index in [9.17, 15) is 29.0 Å². The molecule has 0 bridgehead atoms. The van der Waals surface area contributed by atoms with Crippen LogP contribution in [-0.2, 0) is 9.59 Å². The van der Waals surface area contributed by atoms with Gasteiger partial charge in [-0.25, -0.2) is 4.39 Å². The fraction of sp³-hybridized carbons (Fsp3) is 0.0556. The van der Waals surface area contributed by atoms with Gasteiger partial charge in [-0.05, 0) is 53.7 Å². The molecule has 1 aliphatic heterocycles. The Morgan fingerprint density at radius 3 is 2.61 bits per heavy atom. The highest BCUT2D eigenvalue weighted by Gasteiger charge is 2.36. The van der Waals surface area contributed by atoms with Gasteiger partial charge in [0, 0.05) is 5.69 Å². The molecular weight excluding hydrogens is 411 g/mol. The molecule has 1 saturated heterocycles. The fourth-order valence-electron chi connectivity index (χ4n) is 2.34. The van der Waals surface area contributed by atoms with Crippen LogP contribution in [0.4, 0.5) is 14.9 Å². The van der Waals surface area contributed by atoms with Gasteiger partial charge in [0.25, 0.3) is 11.1 Å². The van der Waals surface area contributed by atoms with Crippen molar-refractivity contribution in [3.63, 3.8) is 0 Å². The number of halogens is 2. The number of carbonyl (C=O) groups excluding carboxylic acids is 3. The molecule has 144 valence electrons. The molecule has 1 fully saturated rings. The summed E-state index contributed by atoms with van der Waals surface area (Å²) in [5.41, 5.74) is 0.615. The summed E-state index contributed by atoms with van der Waals surface area (Å²) in [6, 6.07) is 7.51. The summed E-state index contributed by atoms with van der Waals surface area (Å²) in [5.74, 6) is -2.66. The standard InChI is InChI=1S/C18H12ClFN2O5S/c19-11-7-10(2-3-12(11)20)21-16(25)8-22-17(26)15(28-18(22)27)6-9-1-4-13(23)14(24)5-9/h1-7,23-24H,8H2,(H,21,25)/b15-6+. The van der Waals surface area contributed by atoms with Gasteiger partial charge in [-0.1, -0.05) is 17.7 Å². The highest BCUT2D eigenvalue weighted by molar-refractivity contribution is 8.18. The van der Waals surface area contributed by atoms with E-state index in [1.54, 1.807) is 0 Å². The number of hydrogen-bond donors (Lipinski definition) is 3. The molecule has 1 aliphatic rings. The normalized spacial score (nSPS) is 15.4. The largest absolute Gasteiger partial charge is 0.504 e. The van der Waals surface area contributed by atoms with Crippen molar-refractivity contribution < 1.29 is 29.0 Å². The first-order chi connectivity index (χ1) is 13.2. The lowest BCUT2D eigenvalue weighted by molar-refractivity contribution is -0.127. The smallest absolute Gasteiger partial charge is 0.294 e. The van der Waals surface area contributed by atoms with Gasteiger partial charge >= 0.3 is 0 Å². The van der Waals surface area contributed by atoms with E-state index in [-0.39, 0.29) is 27.1 Å². The number of rotatable bonds is 4. The maximum Gasteiger partial charge on any atom is 0.294 e. The van der Waals surface area contributed by atoms with Gasteiger partial charge in [0.1, 0.15) is 12.4 Å². The van der Waals surface area contributed by atoms with E-state index >= 15 is 0 Å². The highest BCUT2D eigenvalue weighted by atomic mass is 35.5. The van der Waals surface area contributed by atoms with Crippen LogP contribution in [0.25, 0.3) is 6.08 Å². The average Bonchev–Trinajstić information content (AvgIpc) is 2.89. The van der Waals surface area contributed by atoms with Crippen LogP contribution in [-0.4, -0.2) is 38.7 Å². The van der Waals surface area contributed by atoms with Gasteiger partial charge in [0.2, 0.25) is 5.91 Å². The zero-order valence-corrected chi connectivity index (χ0v) is 15.6. The average molecular weight is 423 g/mol. The molecule has 7 nitrogen and oxygen atoms in total. The third-order valence-electron chi connectivity index (χ3n) is 3.68. The molecular formula is C18H12ClFN2O5S. The van der Waals surface area contributed by atoms with E-state index in [0.717, 1.165) is 11.0 Å². The lowest BCUT2D eigenvalue weighted by Gasteiger charge is -2.12. The molecule has 0 saturated carbocycles. The molecule has 3 N–H and O–H groups in total. The second-order valence-electron chi connectivity index (χ2n) is 5.69. The number of phenolic OH excluding ortho intramolecular Hbond substituents is 2. The van der Waals surface area contributed by atoms with Crippen LogP contribution >= 0.6 is 23.4 Å². The van der Waals surface area contributed by atoms with Crippen LogP contribution in [0.2, 0.25) is 5.02 Å². The van der Waals surface area contributed by atoms with Gasteiger partial charge in [-0.15, -0.1) is 0 Å². The number of anilines is 1. The fourth-order valence-corrected chi connectivity index (χ4v) is 3.35. The topological polar surface area (TPSA) is 107 Å². The molecule has 1 heterocycles. The van der Waals surface area contributed by atoms with Crippen LogP contribution in [0.3, 0.4) is 0 Å². The van der Waals surface area contributed by atoms with Gasteiger partial charge in [0.15, 0.2) is 11.5 Å². The summed E-state index contributed by atoms with van der Waals surface area (Å²) in [7, 11) is 0. The number of hydrogen-bond acceptors (Lipinski definition) is 6. The Balaban J connectivity index is 1.70. The first-order valence-corrected chi connectivity index (χ1v) is 8.96. The minimum atomic E-state index is -0.671. The van der Waals surface area contributed by atoms with Gasteiger partial charge in [-0.3, -0.25) is 19.3 Å². The Labute approximate surface area is 167 Å². The molecule has 28 heavy (non-hydrogen) atoms. The van der Waals surface area contributed by atoms with Crippen molar-refractivity contribution >= 4 is 52.2 Å². The van der Waals surface area contributed by atoms with Gasteiger partial charge in [-0.2, -0.15) is 0 Å². The van der Waals surface area contributed by atoms with E-state index in [1.807, 2.05) is 0 Å². The molecule has 3 amide bonds. The molecule has 0 unspecified atom stereocenters. The molecule has 0 spiro atoms. The Bertz CT molecular complexity index is 1030. The highest BCUT2D eigenvalue weighted by Crippen LogP contribution is 2.33. The van der Waals surface area contributed by atoms with Crippen molar-refractivity contribution in [2.45, 2.75) is 0 Å². The zero-order chi connectivity index (χ0) is 20.4. The summed E-state index contributed by atoms with van der Waals surface area (Å²) in [5, 5.41) is 20.4. The van der Waals surface area contributed by atoms with Gasteiger partial charge < -0.3 is 15.5 Å². The Morgan fingerprint density at radius 1 is 1.18 bits per heavy atom. The minimum absolute atomic E-state index is 0.0627. The maximum absolute atomic E-state index is 13.2. The molecule has 0 aromatic heterocycles. The second-order valence-corrected chi connectivity index (χ2v) is 7.09. The van der Waals surface area contributed by atoms with Crippen LogP contribution in [0.15, 0.2) is 41.3 Å². The number of imide groups is 1. The predicted octanol–water partition coefficient (Wildman–Crippen LogP) is 3.57. The number of carbonyl (C=O) groups is 3. The quantitative estimate of drug-likeness (QED) is 0.513. The van der Waals surface area contributed by atoms with Crippen molar-refractivity contribution in [1.29, 1.82) is 0 Å². The first-order valence-electron chi connectivity index (χ1n) is 7.77. The van der Waals surface area contributed by atoms with Crippen molar-refractivity contribution in [1.82, 2.24) is 4.90 Å². The second kappa shape index (κ2) is 7.91. The molecule has 2 aromatic carbocycles. The number of nitrogens with one attached hydrogen (secondary N) is 1. The lowest BCUT2D eigenvalue weighted by atomic mass is 10.2. The van der Waals surface area contributed by atoms with E-state index < -0.39 is 29.4 Å². The number of thioether (sulfide) groups is 1. The SMILES string of the molecule is O=C(CN1C(=O)S/C(=C/c2ccc(O)c(O)c2)C1=O)Nc1ccc(F)c(Cl)c1. The Morgan fingerprint density at radius 2 is 1.93 bits per heavy atom. The lowest BCUT2D eigenvalue weighted by Crippen LogP contribution is -2.36. The summed E-state index contributed by atoms with van der Waals surface area (Å²) in [6.45, 7) is -0.530. The third kappa shape index (κ3) is 4.26. The first kappa shape index (κ1) is 19.7. The Kier molecular flexibility index (Phi) is 5.57. The molecule has 3 rings (SSSR count). The van der Waals surface area contributed by atoms with E-state index in [0.29, 0.717) is 17.3 Å². The van der Waals surface area contributed by atoms with Crippen molar-refractivity contribution in [3.8, 4) is 11.5 Å². The summed E-state index contributed by atoms with van der Waals surface area (Å²) in [6.07, 6.45) is 1.36. The van der Waals surface area contributed by atoms with Crippen LogP contribution in [0.5, 0.6) is 11.5 Å². The van der Waals surface area contributed by atoms with E-state index in [4.69, 9.17) is 11.6 Å². The molecule has 2 aromatic rings. The van der Waals surface area contributed by atoms with Crippen LogP contribution < -0.4 is 5.32 Å². The van der Waals surface area contributed by atoms with Crippen molar-refractivity contribution in [2.75, 3.05) is 11.9 Å². The summed E-state index contributed by atoms with van der Waals surface area (Å²) in [4.78, 5) is 37.4. The number of benzene rings is 2. The minimum Gasteiger partial charge on any atom is -0.504 e. The maximum atomic E-state index is 13.2. The molecule has 0 atom stereocenters. The van der Waals surface area contributed by atoms with E-state index in [1.165, 1.54) is 36.4 Å². The Hall–Kier alpha value is -3.04. The molecule has 0 aliphatic carbocycles.